The summed E-state index contributed by atoms with van der Waals surface area (Å²) in [6.45, 7) is 1.80. The summed E-state index contributed by atoms with van der Waals surface area (Å²) in [6.07, 6.45) is 3.91. The van der Waals surface area contributed by atoms with E-state index in [4.69, 9.17) is 0 Å². The fourth-order valence-electron chi connectivity index (χ4n) is 2.13. The lowest BCUT2D eigenvalue weighted by atomic mass is 10.1. The molecule has 0 aliphatic carbocycles. The van der Waals surface area contributed by atoms with E-state index in [9.17, 15) is 10.2 Å². The van der Waals surface area contributed by atoms with Gasteiger partial charge in [0.05, 0.1) is 5.39 Å². The van der Waals surface area contributed by atoms with Gasteiger partial charge in [0.1, 0.15) is 0 Å². The SMILES string of the molecule is Cc1c(O)c(O)cc2cc3cccc[n+]3cc12.[Br-]. The first-order valence-corrected chi connectivity index (χ1v) is 5.42. The van der Waals surface area contributed by atoms with Crippen LogP contribution in [0.4, 0.5) is 0 Å². The van der Waals surface area contributed by atoms with Crippen molar-refractivity contribution in [2.75, 3.05) is 0 Å². The molecule has 0 bridgehead atoms. The molecule has 0 unspecified atom stereocenters. The predicted molar refractivity (Wildman–Crippen MR) is 65.2 cm³/mol. The van der Waals surface area contributed by atoms with Crippen molar-refractivity contribution in [3.05, 3.63) is 48.3 Å². The third kappa shape index (κ3) is 1.78. The number of nitrogens with zero attached hydrogens (tertiary/aromatic N) is 1. The van der Waals surface area contributed by atoms with Crippen molar-refractivity contribution in [1.29, 1.82) is 0 Å². The van der Waals surface area contributed by atoms with Gasteiger partial charge in [-0.3, -0.25) is 0 Å². The second-order valence-electron chi connectivity index (χ2n) is 4.18. The van der Waals surface area contributed by atoms with Gasteiger partial charge in [0, 0.05) is 23.8 Å². The number of phenolic OH excluding ortho intramolecular Hbond substituents is 2. The van der Waals surface area contributed by atoms with Crippen LogP contribution in [-0.2, 0) is 0 Å². The molecule has 1 aromatic carbocycles. The monoisotopic (exact) mass is 305 g/mol. The van der Waals surface area contributed by atoms with Gasteiger partial charge >= 0.3 is 0 Å². The number of fused-ring (bicyclic) bond motifs is 2. The molecule has 0 saturated carbocycles. The van der Waals surface area contributed by atoms with Crippen molar-refractivity contribution in [3.63, 3.8) is 0 Å². The molecule has 4 heteroatoms. The van der Waals surface area contributed by atoms with E-state index in [-0.39, 0.29) is 28.5 Å². The molecule has 18 heavy (non-hydrogen) atoms. The van der Waals surface area contributed by atoms with Gasteiger partial charge in [0.2, 0.25) is 5.52 Å². The molecule has 2 aromatic heterocycles. The van der Waals surface area contributed by atoms with E-state index in [1.54, 1.807) is 13.0 Å². The molecule has 0 saturated heterocycles. The number of hydrogen-bond donors (Lipinski definition) is 2. The molecule has 0 atom stereocenters. The van der Waals surface area contributed by atoms with Crippen LogP contribution >= 0.6 is 0 Å². The molecule has 3 nitrogen and oxygen atoms in total. The predicted octanol–water partition coefficient (Wildman–Crippen LogP) is -0.698. The van der Waals surface area contributed by atoms with Gasteiger partial charge in [-0.25, -0.2) is 0 Å². The molecule has 3 rings (SSSR count). The first kappa shape index (κ1) is 12.6. The quantitative estimate of drug-likeness (QED) is 0.328. The van der Waals surface area contributed by atoms with Gasteiger partial charge in [-0.15, -0.1) is 0 Å². The van der Waals surface area contributed by atoms with E-state index in [1.807, 2.05) is 41.1 Å². The summed E-state index contributed by atoms with van der Waals surface area (Å²) in [7, 11) is 0. The number of hydrogen-bond acceptors (Lipinski definition) is 2. The van der Waals surface area contributed by atoms with Crippen LogP contribution in [0.15, 0.2) is 42.7 Å². The molecule has 0 aliphatic rings. The molecular formula is C14H12BrNO2. The number of pyridine rings is 2. The zero-order valence-corrected chi connectivity index (χ0v) is 11.3. The number of benzene rings is 1. The zero-order chi connectivity index (χ0) is 12.0. The zero-order valence-electron chi connectivity index (χ0n) is 9.76. The number of rotatable bonds is 0. The minimum absolute atomic E-state index is 0. The highest BCUT2D eigenvalue weighted by molar-refractivity contribution is 5.90. The van der Waals surface area contributed by atoms with E-state index in [1.165, 1.54) is 0 Å². The summed E-state index contributed by atoms with van der Waals surface area (Å²) in [5, 5.41) is 21.2. The smallest absolute Gasteiger partial charge is 0.211 e. The second kappa shape index (κ2) is 4.46. The molecule has 0 radical (unpaired) electrons. The average molecular weight is 306 g/mol. The van der Waals surface area contributed by atoms with E-state index >= 15 is 0 Å². The van der Waals surface area contributed by atoms with E-state index in [0.717, 1.165) is 16.3 Å². The van der Waals surface area contributed by atoms with Crippen molar-refractivity contribution in [2.45, 2.75) is 6.92 Å². The third-order valence-corrected chi connectivity index (χ3v) is 3.10. The number of halogens is 1. The number of aromatic hydroxyl groups is 2. The van der Waals surface area contributed by atoms with Crippen LogP contribution in [-0.4, -0.2) is 10.2 Å². The Hall–Kier alpha value is -1.81. The Labute approximate surface area is 115 Å². The summed E-state index contributed by atoms with van der Waals surface area (Å²) >= 11 is 0. The van der Waals surface area contributed by atoms with Crippen LogP contribution in [0.25, 0.3) is 16.3 Å². The second-order valence-corrected chi connectivity index (χ2v) is 4.18. The largest absolute Gasteiger partial charge is 1.00 e. The van der Waals surface area contributed by atoms with E-state index in [0.29, 0.717) is 5.56 Å². The molecule has 2 N–H and O–H groups in total. The minimum Gasteiger partial charge on any atom is -1.00 e. The van der Waals surface area contributed by atoms with Crippen LogP contribution in [0, 0.1) is 6.92 Å². The van der Waals surface area contributed by atoms with Gasteiger partial charge in [-0.1, -0.05) is 0 Å². The fourth-order valence-corrected chi connectivity index (χ4v) is 2.13. The highest BCUT2D eigenvalue weighted by Crippen LogP contribution is 2.34. The maximum Gasteiger partial charge on any atom is 0.211 e. The first-order chi connectivity index (χ1) is 8.16. The summed E-state index contributed by atoms with van der Waals surface area (Å²) in [5.41, 5.74) is 1.74. The van der Waals surface area contributed by atoms with Crippen molar-refractivity contribution >= 4 is 16.3 Å². The van der Waals surface area contributed by atoms with Crippen LogP contribution in [0.3, 0.4) is 0 Å². The first-order valence-electron chi connectivity index (χ1n) is 5.42. The highest BCUT2D eigenvalue weighted by atomic mass is 79.9. The Kier molecular flexibility index (Phi) is 3.13. The van der Waals surface area contributed by atoms with E-state index in [2.05, 4.69) is 0 Å². The third-order valence-electron chi connectivity index (χ3n) is 3.10. The number of aromatic nitrogens is 1. The van der Waals surface area contributed by atoms with Crippen molar-refractivity contribution < 1.29 is 31.6 Å². The lowest BCUT2D eigenvalue weighted by Crippen LogP contribution is -3.00. The number of aryl methyl sites for hydroxylation is 1. The lowest BCUT2D eigenvalue weighted by Gasteiger charge is -2.05. The van der Waals surface area contributed by atoms with Gasteiger partial charge in [-0.05, 0) is 24.4 Å². The van der Waals surface area contributed by atoms with Crippen LogP contribution in [0.2, 0.25) is 0 Å². The summed E-state index contributed by atoms with van der Waals surface area (Å²) in [5.74, 6) is -0.122. The molecule has 0 amide bonds. The van der Waals surface area contributed by atoms with Gasteiger partial charge in [0.15, 0.2) is 23.9 Å². The average Bonchev–Trinajstić information content (AvgIpc) is 2.34. The van der Waals surface area contributed by atoms with Gasteiger partial charge < -0.3 is 27.2 Å². The lowest BCUT2D eigenvalue weighted by molar-refractivity contribution is -0.510. The van der Waals surface area contributed by atoms with Crippen LogP contribution in [0.1, 0.15) is 5.56 Å². The Morgan fingerprint density at radius 1 is 1.11 bits per heavy atom. The maximum atomic E-state index is 9.72. The van der Waals surface area contributed by atoms with E-state index < -0.39 is 0 Å². The summed E-state index contributed by atoms with van der Waals surface area (Å²) in [4.78, 5) is 0. The molecule has 0 spiro atoms. The van der Waals surface area contributed by atoms with Crippen molar-refractivity contribution in [3.8, 4) is 11.5 Å². The molecule has 2 heterocycles. The Morgan fingerprint density at radius 2 is 1.89 bits per heavy atom. The molecule has 3 aromatic rings. The normalized spacial score (nSPS) is 10.5. The van der Waals surface area contributed by atoms with Crippen LogP contribution in [0.5, 0.6) is 11.5 Å². The molecule has 0 fully saturated rings. The molecule has 92 valence electrons. The van der Waals surface area contributed by atoms with Gasteiger partial charge in [-0.2, -0.15) is 4.40 Å². The Morgan fingerprint density at radius 3 is 2.67 bits per heavy atom. The summed E-state index contributed by atoms with van der Waals surface area (Å²) in [6, 6.07) is 9.49. The maximum absolute atomic E-state index is 9.72. The Bertz CT molecular complexity index is 741. The minimum atomic E-state index is -0.0738. The topological polar surface area (TPSA) is 44.6 Å². The van der Waals surface area contributed by atoms with Crippen LogP contribution < -0.4 is 21.4 Å². The summed E-state index contributed by atoms with van der Waals surface area (Å²) < 4.78 is 1.99. The standard InChI is InChI=1S/C14H11NO2.BrH/c1-9-12-8-15-5-3-2-4-11(15)6-10(12)7-13(16)14(9)17;/h2-8,17H,1H3;1H. The van der Waals surface area contributed by atoms with Gasteiger partial charge in [0.25, 0.3) is 0 Å². The molecule has 0 aliphatic heterocycles. The number of phenols is 2. The fraction of sp³-hybridized carbons (Fsp3) is 0.0714. The Balaban J connectivity index is 0.00000120. The van der Waals surface area contributed by atoms with Crippen molar-refractivity contribution in [2.24, 2.45) is 0 Å². The molecular weight excluding hydrogens is 294 g/mol. The van der Waals surface area contributed by atoms with Crippen molar-refractivity contribution in [1.82, 2.24) is 0 Å². The highest BCUT2D eigenvalue weighted by Gasteiger charge is 2.12.